The Morgan fingerprint density at radius 1 is 1.29 bits per heavy atom. The van der Waals surface area contributed by atoms with Crippen LogP contribution in [0.2, 0.25) is 0 Å². The number of benzene rings is 1. The molecule has 0 spiro atoms. The predicted octanol–water partition coefficient (Wildman–Crippen LogP) is 4.39. The second kappa shape index (κ2) is 5.77. The third-order valence-electron chi connectivity index (χ3n) is 2.83. The molecule has 0 radical (unpaired) electrons. The number of thiophene rings is 1. The Kier molecular flexibility index (Phi) is 4.22. The van der Waals surface area contributed by atoms with Crippen LogP contribution in [0.15, 0.2) is 30.3 Å². The second-order valence-corrected chi connectivity index (χ2v) is 5.80. The summed E-state index contributed by atoms with van der Waals surface area (Å²) in [5.74, 6) is -1.40. The molecule has 1 aromatic heterocycles. The van der Waals surface area contributed by atoms with Crippen molar-refractivity contribution in [2.75, 3.05) is 5.32 Å². The lowest BCUT2D eigenvalue weighted by atomic mass is 10.1. The summed E-state index contributed by atoms with van der Waals surface area (Å²) in [5.41, 5.74) is -1.20. The van der Waals surface area contributed by atoms with Gasteiger partial charge in [0.25, 0.3) is 0 Å². The van der Waals surface area contributed by atoms with E-state index in [1.54, 1.807) is 0 Å². The quantitative estimate of drug-likeness (QED) is 0.880. The third kappa shape index (κ3) is 3.75. The van der Waals surface area contributed by atoms with Crippen LogP contribution in [0, 0.1) is 6.92 Å². The lowest BCUT2D eigenvalue weighted by Crippen LogP contribution is -2.10. The minimum absolute atomic E-state index is 0.168. The fraction of sp³-hybridized carbons (Fsp3) is 0.214. The van der Waals surface area contributed by atoms with Crippen LogP contribution < -0.4 is 5.32 Å². The summed E-state index contributed by atoms with van der Waals surface area (Å²) in [6.45, 7) is 2.30. The molecule has 2 aromatic rings. The van der Waals surface area contributed by atoms with Crippen molar-refractivity contribution in [1.82, 2.24) is 0 Å². The van der Waals surface area contributed by atoms with Crippen LogP contribution in [-0.2, 0) is 12.7 Å². The number of hydrogen-bond acceptors (Lipinski definition) is 3. The van der Waals surface area contributed by atoms with E-state index in [-0.39, 0.29) is 5.69 Å². The standard InChI is InChI=1S/C14H12F3NO2S/c1-8-2-4-10(21-8)7-18-12-5-3-9(14(15,16)17)6-11(12)13(19)20/h2-6,18H,7H2,1H3,(H,19,20). The highest BCUT2D eigenvalue weighted by atomic mass is 32.1. The number of aromatic carboxylic acids is 1. The van der Waals surface area contributed by atoms with E-state index in [0.29, 0.717) is 12.6 Å². The Labute approximate surface area is 123 Å². The normalized spacial score (nSPS) is 11.4. The van der Waals surface area contributed by atoms with Crippen LogP contribution in [0.5, 0.6) is 0 Å². The van der Waals surface area contributed by atoms with E-state index in [0.717, 1.165) is 21.9 Å². The summed E-state index contributed by atoms with van der Waals surface area (Å²) < 4.78 is 37.8. The second-order valence-electron chi connectivity index (χ2n) is 4.43. The summed E-state index contributed by atoms with van der Waals surface area (Å²) in [5, 5.41) is 11.9. The van der Waals surface area contributed by atoms with Crippen LogP contribution in [0.1, 0.15) is 25.7 Å². The minimum Gasteiger partial charge on any atom is -0.478 e. The number of aryl methyl sites for hydroxylation is 1. The molecule has 1 aromatic carbocycles. The molecule has 1 heterocycles. The molecule has 0 saturated carbocycles. The number of hydrogen-bond donors (Lipinski definition) is 2. The predicted molar refractivity (Wildman–Crippen MR) is 74.8 cm³/mol. The molecule has 21 heavy (non-hydrogen) atoms. The lowest BCUT2D eigenvalue weighted by molar-refractivity contribution is -0.137. The fourth-order valence-corrected chi connectivity index (χ4v) is 2.64. The Bertz CT molecular complexity index is 664. The first-order valence-corrected chi connectivity index (χ1v) is 6.83. The van der Waals surface area contributed by atoms with Gasteiger partial charge in [0.2, 0.25) is 0 Å². The molecule has 0 fully saturated rings. The Hall–Kier alpha value is -2.02. The van der Waals surface area contributed by atoms with Gasteiger partial charge in [-0.3, -0.25) is 0 Å². The van der Waals surface area contributed by atoms with Gasteiger partial charge in [-0.25, -0.2) is 4.79 Å². The molecule has 0 saturated heterocycles. The average Bonchev–Trinajstić information content (AvgIpc) is 2.80. The van der Waals surface area contributed by atoms with Gasteiger partial charge in [-0.1, -0.05) is 0 Å². The first-order chi connectivity index (χ1) is 9.77. The van der Waals surface area contributed by atoms with Gasteiger partial charge in [-0.2, -0.15) is 13.2 Å². The molecular formula is C14H12F3NO2S. The Balaban J connectivity index is 2.24. The van der Waals surface area contributed by atoms with E-state index in [4.69, 9.17) is 5.11 Å². The molecule has 0 aliphatic carbocycles. The van der Waals surface area contributed by atoms with Crippen molar-refractivity contribution < 1.29 is 23.1 Å². The van der Waals surface area contributed by atoms with Gasteiger partial charge in [-0.05, 0) is 37.3 Å². The van der Waals surface area contributed by atoms with Crippen LogP contribution in [-0.4, -0.2) is 11.1 Å². The number of alkyl halides is 3. The minimum atomic E-state index is -4.56. The van der Waals surface area contributed by atoms with Gasteiger partial charge in [0, 0.05) is 22.0 Å². The summed E-state index contributed by atoms with van der Waals surface area (Å²) >= 11 is 1.54. The van der Waals surface area contributed by atoms with Crippen LogP contribution >= 0.6 is 11.3 Å². The molecule has 2 rings (SSSR count). The van der Waals surface area contributed by atoms with Crippen molar-refractivity contribution in [3.8, 4) is 0 Å². The summed E-state index contributed by atoms with van der Waals surface area (Å²) in [6, 6.07) is 6.47. The van der Waals surface area contributed by atoms with E-state index in [1.165, 1.54) is 11.3 Å². The van der Waals surface area contributed by atoms with Crippen molar-refractivity contribution in [3.63, 3.8) is 0 Å². The molecular weight excluding hydrogens is 303 g/mol. The van der Waals surface area contributed by atoms with Crippen molar-refractivity contribution in [1.29, 1.82) is 0 Å². The average molecular weight is 315 g/mol. The van der Waals surface area contributed by atoms with Crippen LogP contribution in [0.3, 0.4) is 0 Å². The molecule has 0 bridgehead atoms. The van der Waals surface area contributed by atoms with E-state index >= 15 is 0 Å². The van der Waals surface area contributed by atoms with Gasteiger partial charge < -0.3 is 10.4 Å². The first kappa shape index (κ1) is 15.4. The van der Waals surface area contributed by atoms with Crippen LogP contribution in [0.4, 0.5) is 18.9 Å². The monoisotopic (exact) mass is 315 g/mol. The fourth-order valence-electron chi connectivity index (χ4n) is 1.81. The van der Waals surface area contributed by atoms with Gasteiger partial charge in [-0.15, -0.1) is 11.3 Å². The van der Waals surface area contributed by atoms with Crippen molar-refractivity contribution in [3.05, 3.63) is 51.2 Å². The SMILES string of the molecule is Cc1ccc(CNc2ccc(C(F)(F)F)cc2C(=O)O)s1. The van der Waals surface area contributed by atoms with Crippen molar-refractivity contribution >= 4 is 23.0 Å². The maximum atomic E-state index is 12.6. The molecule has 0 amide bonds. The number of anilines is 1. The molecule has 0 unspecified atom stereocenters. The highest BCUT2D eigenvalue weighted by Gasteiger charge is 2.31. The number of carbonyl (C=O) groups is 1. The molecule has 7 heteroatoms. The smallest absolute Gasteiger partial charge is 0.416 e. The van der Waals surface area contributed by atoms with E-state index in [1.807, 2.05) is 19.1 Å². The van der Waals surface area contributed by atoms with Crippen LogP contribution in [0.25, 0.3) is 0 Å². The van der Waals surface area contributed by atoms with E-state index in [9.17, 15) is 18.0 Å². The van der Waals surface area contributed by atoms with Crippen molar-refractivity contribution in [2.45, 2.75) is 19.6 Å². The summed E-state index contributed by atoms with van der Waals surface area (Å²) in [6.07, 6.45) is -4.56. The molecule has 2 N–H and O–H groups in total. The van der Waals surface area contributed by atoms with E-state index in [2.05, 4.69) is 5.32 Å². The zero-order chi connectivity index (χ0) is 15.6. The number of halogens is 3. The largest absolute Gasteiger partial charge is 0.478 e. The summed E-state index contributed by atoms with van der Waals surface area (Å²) in [4.78, 5) is 13.2. The number of nitrogens with one attached hydrogen (secondary N) is 1. The highest BCUT2D eigenvalue weighted by Crippen LogP contribution is 2.32. The Morgan fingerprint density at radius 3 is 2.52 bits per heavy atom. The molecule has 112 valence electrons. The molecule has 0 aliphatic heterocycles. The number of rotatable bonds is 4. The Morgan fingerprint density at radius 2 is 2.00 bits per heavy atom. The molecule has 0 aliphatic rings. The molecule has 0 atom stereocenters. The van der Waals surface area contributed by atoms with Gasteiger partial charge in [0.05, 0.1) is 11.1 Å². The molecule has 3 nitrogen and oxygen atoms in total. The zero-order valence-corrected chi connectivity index (χ0v) is 11.8. The number of carboxylic acid groups (broad SMARTS) is 1. The van der Waals surface area contributed by atoms with Gasteiger partial charge in [0.1, 0.15) is 0 Å². The van der Waals surface area contributed by atoms with Gasteiger partial charge in [0.15, 0.2) is 0 Å². The highest BCUT2D eigenvalue weighted by molar-refractivity contribution is 7.11. The van der Waals surface area contributed by atoms with Gasteiger partial charge >= 0.3 is 12.1 Å². The lowest BCUT2D eigenvalue weighted by Gasteiger charge is -2.12. The topological polar surface area (TPSA) is 49.3 Å². The first-order valence-electron chi connectivity index (χ1n) is 6.01. The number of carboxylic acids is 1. The maximum absolute atomic E-state index is 12.6. The zero-order valence-electron chi connectivity index (χ0n) is 11.0. The maximum Gasteiger partial charge on any atom is 0.416 e. The van der Waals surface area contributed by atoms with E-state index < -0.39 is 23.3 Å². The van der Waals surface area contributed by atoms with Crippen molar-refractivity contribution in [2.24, 2.45) is 0 Å². The third-order valence-corrected chi connectivity index (χ3v) is 3.83. The summed E-state index contributed by atoms with van der Waals surface area (Å²) in [7, 11) is 0.